The first-order valence-corrected chi connectivity index (χ1v) is 17.5. The number of anilines is 1. The first-order valence-electron chi connectivity index (χ1n) is 17.5. The third-order valence-corrected chi connectivity index (χ3v) is 11.4. The molecule has 0 radical (unpaired) electrons. The average molecular weight is 692 g/mol. The van der Waals surface area contributed by atoms with E-state index in [1.165, 1.54) is 36.0 Å². The van der Waals surface area contributed by atoms with Crippen LogP contribution in [0.4, 0.5) is 19.0 Å². The van der Waals surface area contributed by atoms with Gasteiger partial charge in [0.15, 0.2) is 5.82 Å². The lowest BCUT2D eigenvalue weighted by Crippen LogP contribution is -2.53. The van der Waals surface area contributed by atoms with Crippen LogP contribution in [0.2, 0.25) is 0 Å². The molecular weight excluding hydrogens is 655 g/mol. The molecule has 260 valence electrons. The van der Waals surface area contributed by atoms with Crippen LogP contribution in [-0.4, -0.2) is 91.4 Å². The van der Waals surface area contributed by atoms with E-state index in [2.05, 4.69) is 35.6 Å². The Morgan fingerprint density at radius 1 is 1.04 bits per heavy atom. The van der Waals surface area contributed by atoms with Crippen LogP contribution in [0.5, 0.6) is 11.8 Å². The minimum absolute atomic E-state index is 0.000212. The maximum atomic E-state index is 17.0. The van der Waals surface area contributed by atoms with Crippen molar-refractivity contribution >= 4 is 27.5 Å². The van der Waals surface area contributed by atoms with Gasteiger partial charge in [-0.2, -0.15) is 9.97 Å². The number of alkyl halides is 1. The molecule has 4 atom stereocenters. The molecule has 4 aliphatic heterocycles. The Balaban J connectivity index is 1.14. The lowest BCUT2D eigenvalue weighted by atomic mass is 9.95. The van der Waals surface area contributed by atoms with Gasteiger partial charge in [0.05, 0.1) is 16.5 Å². The van der Waals surface area contributed by atoms with Crippen LogP contribution in [0.25, 0.3) is 32.9 Å². The van der Waals surface area contributed by atoms with Crippen molar-refractivity contribution in [2.75, 3.05) is 37.7 Å². The number of hydrogen-bond donors (Lipinski definition) is 1. The van der Waals surface area contributed by atoms with Gasteiger partial charge in [-0.1, -0.05) is 12.0 Å². The SMILES string of the molecule is C#Cc1c(F)ccc2cc(O)cc(-c3ncc4c(N5CC6CCC(C5)N6Cc5ccncc5)nc(OC[C@@]56CCCN5C[C@H](F)C6)nc4c3F)c12. The van der Waals surface area contributed by atoms with Crippen molar-refractivity contribution in [3.8, 4) is 35.4 Å². The van der Waals surface area contributed by atoms with Crippen LogP contribution in [0, 0.1) is 24.0 Å². The summed E-state index contributed by atoms with van der Waals surface area (Å²) in [5, 5.41) is 11.7. The second-order valence-corrected chi connectivity index (χ2v) is 14.4. The van der Waals surface area contributed by atoms with Crippen LogP contribution in [0.1, 0.15) is 43.2 Å². The maximum absolute atomic E-state index is 17.0. The zero-order chi connectivity index (χ0) is 34.9. The van der Waals surface area contributed by atoms with Crippen molar-refractivity contribution < 1.29 is 23.0 Å². The quantitative estimate of drug-likeness (QED) is 0.206. The Bertz CT molecular complexity index is 2200. The smallest absolute Gasteiger partial charge is 0.319 e. The molecule has 0 aliphatic carbocycles. The van der Waals surface area contributed by atoms with Crippen molar-refractivity contribution in [3.63, 3.8) is 0 Å². The topological polar surface area (TPSA) is 90.7 Å². The Hall–Kier alpha value is -4.99. The number of phenolic OH excluding ortho intramolecular Hbond substituents is 1. The molecule has 2 aromatic carbocycles. The third-order valence-electron chi connectivity index (χ3n) is 11.4. The van der Waals surface area contributed by atoms with Crippen molar-refractivity contribution in [1.82, 2.24) is 29.7 Å². The molecule has 12 heteroatoms. The second kappa shape index (κ2) is 12.4. The van der Waals surface area contributed by atoms with E-state index in [9.17, 15) is 13.9 Å². The number of aromatic nitrogens is 4. The highest BCUT2D eigenvalue weighted by Gasteiger charge is 2.49. The van der Waals surface area contributed by atoms with Crippen LogP contribution >= 0.6 is 0 Å². The molecular formula is C39H36F3N7O2. The molecule has 2 unspecified atom stereocenters. The molecule has 51 heavy (non-hydrogen) atoms. The van der Waals surface area contributed by atoms with Crippen LogP contribution < -0.4 is 9.64 Å². The number of piperazine rings is 1. The Morgan fingerprint density at radius 3 is 2.63 bits per heavy atom. The molecule has 4 aliphatic rings. The van der Waals surface area contributed by atoms with Gasteiger partial charge in [-0.05, 0) is 73.5 Å². The summed E-state index contributed by atoms with van der Waals surface area (Å²) < 4.78 is 52.9. The van der Waals surface area contributed by atoms with Gasteiger partial charge in [0.2, 0.25) is 0 Å². The number of fused-ring (bicyclic) bond motifs is 5. The van der Waals surface area contributed by atoms with Gasteiger partial charge in [0, 0.05) is 74.2 Å². The van der Waals surface area contributed by atoms with Gasteiger partial charge in [0.25, 0.3) is 0 Å². The first kappa shape index (κ1) is 32.0. The van der Waals surface area contributed by atoms with Gasteiger partial charge < -0.3 is 14.7 Å². The number of phenols is 1. The van der Waals surface area contributed by atoms with E-state index >= 15 is 4.39 Å². The largest absolute Gasteiger partial charge is 0.508 e. The second-order valence-electron chi connectivity index (χ2n) is 14.4. The fourth-order valence-corrected chi connectivity index (χ4v) is 9.04. The van der Waals surface area contributed by atoms with E-state index < -0.39 is 23.3 Å². The zero-order valence-electron chi connectivity index (χ0n) is 27.9. The predicted octanol–water partition coefficient (Wildman–Crippen LogP) is 6.01. The molecule has 1 N–H and O–H groups in total. The lowest BCUT2D eigenvalue weighted by molar-refractivity contribution is 0.107. The fraction of sp³-hybridized carbons (Fsp3) is 0.385. The summed E-state index contributed by atoms with van der Waals surface area (Å²) in [6.45, 7) is 3.52. The normalized spacial score (nSPS) is 24.7. The number of nitrogens with zero attached hydrogens (tertiary/aromatic N) is 7. The summed E-state index contributed by atoms with van der Waals surface area (Å²) in [4.78, 5) is 25.1. The molecule has 4 saturated heterocycles. The van der Waals surface area contributed by atoms with Gasteiger partial charge >= 0.3 is 6.01 Å². The monoisotopic (exact) mass is 691 g/mol. The first-order chi connectivity index (χ1) is 24.8. The van der Waals surface area contributed by atoms with Gasteiger partial charge in [-0.25, -0.2) is 13.2 Å². The molecule has 0 saturated carbocycles. The van der Waals surface area contributed by atoms with Gasteiger partial charge in [-0.15, -0.1) is 6.42 Å². The number of terminal acetylenes is 1. The highest BCUT2D eigenvalue weighted by Crippen LogP contribution is 2.42. The van der Waals surface area contributed by atoms with Crippen molar-refractivity contribution in [2.45, 2.75) is 62.4 Å². The molecule has 0 amide bonds. The highest BCUT2D eigenvalue weighted by atomic mass is 19.1. The minimum Gasteiger partial charge on any atom is -0.508 e. The number of pyridine rings is 2. The van der Waals surface area contributed by atoms with E-state index in [0.29, 0.717) is 42.6 Å². The van der Waals surface area contributed by atoms with Crippen LogP contribution in [0.3, 0.4) is 0 Å². The summed E-state index contributed by atoms with van der Waals surface area (Å²) in [7, 11) is 0. The summed E-state index contributed by atoms with van der Waals surface area (Å²) >= 11 is 0. The highest BCUT2D eigenvalue weighted by molar-refractivity contribution is 6.03. The number of ether oxygens (including phenoxy) is 1. The van der Waals surface area contributed by atoms with E-state index in [1.54, 1.807) is 0 Å². The Morgan fingerprint density at radius 2 is 1.84 bits per heavy atom. The Labute approximate surface area is 293 Å². The summed E-state index contributed by atoms with van der Waals surface area (Å²) in [6, 6.07) is 10.1. The number of rotatable bonds is 7. The fourth-order valence-electron chi connectivity index (χ4n) is 9.04. The molecule has 5 aromatic rings. The number of aromatic hydroxyl groups is 1. The van der Waals surface area contributed by atoms with Gasteiger partial charge in [-0.3, -0.25) is 19.8 Å². The molecule has 3 aromatic heterocycles. The third kappa shape index (κ3) is 5.41. The number of hydrogen-bond acceptors (Lipinski definition) is 9. The van der Waals surface area contributed by atoms with Crippen molar-refractivity contribution in [2.24, 2.45) is 0 Å². The van der Waals surface area contributed by atoms with E-state index in [1.807, 2.05) is 24.5 Å². The average Bonchev–Trinajstić information content (AvgIpc) is 3.73. The maximum Gasteiger partial charge on any atom is 0.319 e. The van der Waals surface area contributed by atoms with Crippen LogP contribution in [-0.2, 0) is 6.54 Å². The molecule has 0 spiro atoms. The summed E-state index contributed by atoms with van der Waals surface area (Å²) in [5.41, 5.74) is 0.681. The number of benzene rings is 2. The molecule has 4 fully saturated rings. The summed E-state index contributed by atoms with van der Waals surface area (Å²) in [6.07, 6.45) is 14.1. The molecule has 7 heterocycles. The Kier molecular flexibility index (Phi) is 7.74. The minimum atomic E-state index is -0.929. The summed E-state index contributed by atoms with van der Waals surface area (Å²) in [5.74, 6) is 1.34. The predicted molar refractivity (Wildman–Crippen MR) is 187 cm³/mol. The lowest BCUT2D eigenvalue weighted by Gasteiger charge is -2.42. The zero-order valence-corrected chi connectivity index (χ0v) is 27.9. The van der Waals surface area contributed by atoms with Crippen molar-refractivity contribution in [1.29, 1.82) is 0 Å². The molecule has 9 rings (SSSR count). The molecule has 9 nitrogen and oxygen atoms in total. The van der Waals surface area contributed by atoms with E-state index in [4.69, 9.17) is 16.1 Å². The van der Waals surface area contributed by atoms with E-state index in [-0.39, 0.29) is 58.2 Å². The number of halogens is 3. The standard InChI is InChI=1S/C39H36F3N7O2/c1-2-29-32(41)7-4-24-14-28(50)15-30(33(24)29)35-34(42)36-31(17-44-35)37(46-38(45-36)51-22-39-10-3-13-48(39)19-25(40)16-39)47-20-26-5-6-27(21-47)49(26)18-23-8-11-43-12-9-23/h1,4,7-9,11-12,14-15,17,25-27,50H,3,5-6,10,13,16,18-22H2/t25-,26?,27?,39+/m1/s1. The van der Waals surface area contributed by atoms with E-state index in [0.717, 1.165) is 38.8 Å². The molecule has 2 bridgehead atoms. The van der Waals surface area contributed by atoms with Crippen molar-refractivity contribution in [3.05, 3.63) is 77.8 Å². The van der Waals surface area contributed by atoms with Gasteiger partial charge in [0.1, 0.15) is 41.4 Å². The van der Waals surface area contributed by atoms with Crippen LogP contribution in [0.15, 0.2) is 55.0 Å².